The molecule has 6 N–H and O–H groups in total. The minimum absolute atomic E-state index is 0.0163. The minimum atomic E-state index is -2.11. The maximum absolute atomic E-state index is 13.0. The van der Waals surface area contributed by atoms with E-state index in [2.05, 4.69) is 15.3 Å². The Balaban J connectivity index is 1.92. The van der Waals surface area contributed by atoms with Gasteiger partial charge in [0.05, 0.1) is 17.8 Å². The van der Waals surface area contributed by atoms with Gasteiger partial charge in [0.15, 0.2) is 11.9 Å². The molecule has 1 aliphatic rings. The maximum Gasteiger partial charge on any atom is 0.323 e. The normalized spacial score (nSPS) is 23.2. The van der Waals surface area contributed by atoms with Crippen LogP contribution in [0.3, 0.4) is 0 Å². The predicted octanol–water partition coefficient (Wildman–Crippen LogP) is 2.08. The topological polar surface area (TPSA) is 213 Å². The van der Waals surface area contributed by atoms with E-state index >= 15 is 0 Å². The number of benzene rings is 1. The van der Waals surface area contributed by atoms with Gasteiger partial charge < -0.3 is 35.4 Å². The number of aliphatic imine (C=N–C) groups is 1. The Morgan fingerprint density at radius 2 is 1.95 bits per heavy atom. The van der Waals surface area contributed by atoms with Crippen molar-refractivity contribution in [1.82, 2.24) is 10.3 Å². The second kappa shape index (κ2) is 14.4. The third-order valence-electron chi connectivity index (χ3n) is 7.47. The lowest BCUT2D eigenvalue weighted by Crippen LogP contribution is -2.49. The summed E-state index contributed by atoms with van der Waals surface area (Å²) < 4.78 is 17.1. The number of esters is 2. The second-order valence-electron chi connectivity index (χ2n) is 11.7. The van der Waals surface area contributed by atoms with Gasteiger partial charge in [-0.2, -0.15) is 5.26 Å². The van der Waals surface area contributed by atoms with Crippen LogP contribution in [0, 0.1) is 28.1 Å². The standard InChI is InChI=1S/C31H40N6O7/c1-6-18(2)28(40)37-27(35-17-33)20-12-13-22(36-20)31(16-32)26(39)24(43-29(41)25(34)30(3,4)5)21(44-31)15-42-23(38)14-19-10-8-7-9-11-19/h7-13,17-18,21,24-26,36,39H,6,14-15,34H2,1-5H3,(H2,33,35,37,40)/t18-,21-,24-,25+,26-,31+/m1/s1. The fraction of sp³-hybridized carbons (Fsp3) is 0.484. The highest BCUT2D eigenvalue weighted by Gasteiger charge is 2.59. The van der Waals surface area contributed by atoms with E-state index in [1.165, 1.54) is 12.1 Å². The summed E-state index contributed by atoms with van der Waals surface area (Å²) in [6.07, 6.45) is -3.13. The number of rotatable bonds is 11. The maximum atomic E-state index is 13.0. The van der Waals surface area contributed by atoms with Crippen molar-refractivity contribution >= 4 is 30.0 Å². The zero-order chi connectivity index (χ0) is 32.7. The van der Waals surface area contributed by atoms with Crippen LogP contribution in [0.25, 0.3) is 0 Å². The number of nitrogens with zero attached hydrogens (tertiary/aromatic N) is 2. The Labute approximate surface area is 256 Å². The van der Waals surface area contributed by atoms with Gasteiger partial charge in [-0.1, -0.05) is 65.0 Å². The number of carbonyl (C=O) groups is 3. The van der Waals surface area contributed by atoms with Gasteiger partial charge >= 0.3 is 11.9 Å². The first-order valence-electron chi connectivity index (χ1n) is 14.3. The molecule has 0 spiro atoms. The summed E-state index contributed by atoms with van der Waals surface area (Å²) in [5.41, 5.74) is 4.31. The van der Waals surface area contributed by atoms with Gasteiger partial charge in [-0.25, -0.2) is 4.99 Å². The van der Waals surface area contributed by atoms with E-state index in [4.69, 9.17) is 25.4 Å². The summed E-state index contributed by atoms with van der Waals surface area (Å²) in [7, 11) is 0. The minimum Gasteiger partial charge on any atom is -0.463 e. The lowest BCUT2D eigenvalue weighted by molar-refractivity contribution is -0.163. The number of ether oxygens (including phenoxy) is 3. The molecule has 0 unspecified atom stereocenters. The zero-order valence-corrected chi connectivity index (χ0v) is 25.5. The molecule has 13 heteroatoms. The van der Waals surface area contributed by atoms with Crippen molar-refractivity contribution in [3.05, 3.63) is 59.4 Å². The molecule has 0 radical (unpaired) electrons. The van der Waals surface area contributed by atoms with Crippen LogP contribution < -0.4 is 11.1 Å². The molecule has 236 valence electrons. The van der Waals surface area contributed by atoms with Gasteiger partial charge in [0.2, 0.25) is 11.5 Å². The molecule has 1 fully saturated rings. The molecule has 1 amide bonds. The first-order chi connectivity index (χ1) is 20.8. The molecule has 2 aromatic rings. The van der Waals surface area contributed by atoms with E-state index in [1.807, 2.05) is 19.1 Å². The number of hydrogen-bond acceptors (Lipinski definition) is 10. The molecular formula is C31H40N6O7. The third kappa shape index (κ3) is 7.76. The van der Waals surface area contributed by atoms with E-state index in [0.29, 0.717) is 6.42 Å². The highest BCUT2D eigenvalue weighted by Crippen LogP contribution is 2.41. The van der Waals surface area contributed by atoms with Crippen LogP contribution >= 0.6 is 0 Å². The summed E-state index contributed by atoms with van der Waals surface area (Å²) >= 11 is 0. The highest BCUT2D eigenvalue weighted by atomic mass is 16.6. The van der Waals surface area contributed by atoms with Crippen molar-refractivity contribution < 1.29 is 33.7 Å². The molecule has 0 saturated carbocycles. The van der Waals surface area contributed by atoms with Gasteiger partial charge in [-0.3, -0.25) is 19.8 Å². The number of carbonyl (C=O) groups excluding carboxylic acids is 3. The number of nitrogens with two attached hydrogens (primary N) is 1. The number of nitriles is 1. The van der Waals surface area contributed by atoms with Gasteiger partial charge in [0.25, 0.3) is 0 Å². The first-order valence-corrected chi connectivity index (χ1v) is 14.3. The number of aromatic nitrogens is 1. The van der Waals surface area contributed by atoms with Crippen LogP contribution in [0.1, 0.15) is 58.0 Å². The Morgan fingerprint density at radius 1 is 1.27 bits per heavy atom. The van der Waals surface area contributed by atoms with E-state index in [-0.39, 0.29) is 35.5 Å². The number of amides is 1. The fourth-order valence-electron chi connectivity index (χ4n) is 4.41. The second-order valence-corrected chi connectivity index (χ2v) is 11.7. The van der Waals surface area contributed by atoms with E-state index < -0.39 is 53.9 Å². The molecule has 1 aromatic heterocycles. The number of amidine groups is 1. The van der Waals surface area contributed by atoms with Crippen molar-refractivity contribution in [2.75, 3.05) is 6.61 Å². The number of aromatic amines is 1. The summed E-state index contributed by atoms with van der Waals surface area (Å²) in [6, 6.07) is 12.8. The van der Waals surface area contributed by atoms with Gasteiger partial charge in [0.1, 0.15) is 37.3 Å². The third-order valence-corrected chi connectivity index (χ3v) is 7.47. The molecule has 6 atom stereocenters. The smallest absolute Gasteiger partial charge is 0.323 e. The molecular weight excluding hydrogens is 568 g/mol. The van der Waals surface area contributed by atoms with Crippen LogP contribution in [0.2, 0.25) is 0 Å². The molecule has 1 saturated heterocycles. The summed E-state index contributed by atoms with van der Waals surface area (Å²) in [6.45, 7) is 8.40. The van der Waals surface area contributed by atoms with Gasteiger partial charge in [-0.05, 0) is 29.5 Å². The Morgan fingerprint density at radius 3 is 2.55 bits per heavy atom. The molecule has 1 aromatic carbocycles. The predicted molar refractivity (Wildman–Crippen MR) is 160 cm³/mol. The molecule has 0 bridgehead atoms. The SMILES string of the molecule is CC[C@@H](C)C(=O)N/C(=N/C=N)c1ccc([C@]2(C#N)O[C@H](COC(=O)Cc3ccccc3)[C@@H](OC(=O)[C@H](N)C(C)(C)C)[C@H]2O)[nH]1. The molecule has 13 nitrogen and oxygen atoms in total. The van der Waals surface area contributed by atoms with Gasteiger partial charge in [-0.15, -0.1) is 0 Å². The van der Waals surface area contributed by atoms with Crippen LogP contribution in [0.4, 0.5) is 0 Å². The van der Waals surface area contributed by atoms with Crippen LogP contribution in [-0.4, -0.2) is 71.1 Å². The fourth-order valence-corrected chi connectivity index (χ4v) is 4.41. The summed E-state index contributed by atoms with van der Waals surface area (Å²) in [5, 5.41) is 31.9. The highest BCUT2D eigenvalue weighted by molar-refractivity contribution is 6.09. The number of aliphatic hydroxyl groups is 1. The van der Waals surface area contributed by atoms with Crippen LogP contribution in [0.5, 0.6) is 0 Å². The average molecular weight is 609 g/mol. The summed E-state index contributed by atoms with van der Waals surface area (Å²) in [4.78, 5) is 45.0. The molecule has 1 aliphatic heterocycles. The van der Waals surface area contributed by atoms with E-state index in [9.17, 15) is 24.8 Å². The van der Waals surface area contributed by atoms with E-state index in [1.54, 1.807) is 52.0 Å². The lowest BCUT2D eigenvalue weighted by Gasteiger charge is -2.28. The summed E-state index contributed by atoms with van der Waals surface area (Å²) in [5.74, 6) is -2.06. The van der Waals surface area contributed by atoms with Gasteiger partial charge in [0, 0.05) is 5.92 Å². The Kier molecular flexibility index (Phi) is 11.2. The van der Waals surface area contributed by atoms with Crippen LogP contribution in [0.15, 0.2) is 47.5 Å². The number of aliphatic hydroxyl groups excluding tert-OH is 1. The Hall–Kier alpha value is -4.38. The number of H-pyrrole nitrogens is 1. The Bertz CT molecular complexity index is 1410. The monoisotopic (exact) mass is 608 g/mol. The van der Waals surface area contributed by atoms with Crippen molar-refractivity contribution in [1.29, 1.82) is 10.7 Å². The molecule has 2 heterocycles. The lowest BCUT2D eigenvalue weighted by atomic mass is 9.87. The molecule has 3 rings (SSSR count). The number of hydrogen-bond donors (Lipinski definition) is 5. The first kappa shape index (κ1) is 34.1. The zero-order valence-electron chi connectivity index (χ0n) is 25.5. The quantitative estimate of drug-likeness (QED) is 0.143. The molecule has 0 aliphatic carbocycles. The average Bonchev–Trinajstić information content (AvgIpc) is 3.59. The van der Waals surface area contributed by atoms with Crippen molar-refractivity contribution in [3.63, 3.8) is 0 Å². The van der Waals surface area contributed by atoms with Crippen molar-refractivity contribution in [3.8, 4) is 6.07 Å². The largest absolute Gasteiger partial charge is 0.463 e. The number of nitrogens with one attached hydrogen (secondary N) is 3. The van der Waals surface area contributed by atoms with Crippen molar-refractivity contribution in [2.24, 2.45) is 22.1 Å². The van der Waals surface area contributed by atoms with E-state index in [0.717, 1.165) is 11.9 Å². The molecule has 44 heavy (non-hydrogen) atoms. The van der Waals surface area contributed by atoms with Crippen LogP contribution in [-0.2, 0) is 40.6 Å². The van der Waals surface area contributed by atoms with Crippen molar-refractivity contribution in [2.45, 2.75) is 77.4 Å².